The molecule has 0 radical (unpaired) electrons. The molecule has 1 aromatic rings. The molecule has 1 aromatic carbocycles. The maximum atomic E-state index is 11.8. The SMILES string of the molecule is O=C(NCCC(=O)N1CCCC1)c1ccc(Br)c(O)c1. The van der Waals surface area contributed by atoms with Gasteiger partial charge >= 0.3 is 0 Å². The van der Waals surface area contributed by atoms with Gasteiger partial charge in [0, 0.05) is 31.6 Å². The van der Waals surface area contributed by atoms with E-state index in [1.807, 2.05) is 4.90 Å². The Hall–Kier alpha value is -1.56. The van der Waals surface area contributed by atoms with Gasteiger partial charge in [0.25, 0.3) is 5.91 Å². The highest BCUT2D eigenvalue weighted by Crippen LogP contribution is 2.24. The van der Waals surface area contributed by atoms with Gasteiger partial charge in [-0.3, -0.25) is 9.59 Å². The summed E-state index contributed by atoms with van der Waals surface area (Å²) < 4.78 is 0.540. The molecule has 6 heteroatoms. The number of phenolic OH excluding ortho intramolecular Hbond substituents is 1. The van der Waals surface area contributed by atoms with Crippen LogP contribution in [0.25, 0.3) is 0 Å². The van der Waals surface area contributed by atoms with E-state index in [4.69, 9.17) is 0 Å². The maximum absolute atomic E-state index is 11.8. The number of halogens is 1. The number of rotatable bonds is 4. The zero-order chi connectivity index (χ0) is 14.5. The predicted molar refractivity (Wildman–Crippen MR) is 78.6 cm³/mol. The van der Waals surface area contributed by atoms with Gasteiger partial charge in [0.1, 0.15) is 5.75 Å². The van der Waals surface area contributed by atoms with Gasteiger partial charge in [0.15, 0.2) is 0 Å². The Morgan fingerprint density at radius 2 is 2.00 bits per heavy atom. The van der Waals surface area contributed by atoms with Crippen molar-refractivity contribution in [3.63, 3.8) is 0 Å². The number of carbonyl (C=O) groups is 2. The van der Waals surface area contributed by atoms with Gasteiger partial charge in [-0.1, -0.05) is 0 Å². The van der Waals surface area contributed by atoms with E-state index in [-0.39, 0.29) is 17.6 Å². The fraction of sp³-hybridized carbons (Fsp3) is 0.429. The topological polar surface area (TPSA) is 69.6 Å². The second kappa shape index (κ2) is 6.74. The Labute approximate surface area is 126 Å². The molecule has 0 saturated carbocycles. The van der Waals surface area contributed by atoms with E-state index in [9.17, 15) is 14.7 Å². The van der Waals surface area contributed by atoms with Crippen molar-refractivity contribution >= 4 is 27.7 Å². The van der Waals surface area contributed by atoms with Crippen LogP contribution in [0.1, 0.15) is 29.6 Å². The van der Waals surface area contributed by atoms with E-state index in [1.165, 1.54) is 6.07 Å². The zero-order valence-electron chi connectivity index (χ0n) is 11.1. The van der Waals surface area contributed by atoms with Crippen LogP contribution in [-0.4, -0.2) is 41.5 Å². The molecular formula is C14H17BrN2O3. The summed E-state index contributed by atoms with van der Waals surface area (Å²) in [5.41, 5.74) is 0.374. The average molecular weight is 341 g/mol. The minimum Gasteiger partial charge on any atom is -0.507 e. The average Bonchev–Trinajstić information content (AvgIpc) is 2.95. The molecular weight excluding hydrogens is 324 g/mol. The van der Waals surface area contributed by atoms with Crippen LogP contribution in [0.3, 0.4) is 0 Å². The molecule has 0 bridgehead atoms. The number of amides is 2. The third-order valence-corrected chi connectivity index (χ3v) is 3.96. The van der Waals surface area contributed by atoms with Crippen molar-refractivity contribution in [1.82, 2.24) is 10.2 Å². The number of aromatic hydroxyl groups is 1. The summed E-state index contributed by atoms with van der Waals surface area (Å²) >= 11 is 3.16. The highest BCUT2D eigenvalue weighted by atomic mass is 79.9. The summed E-state index contributed by atoms with van der Waals surface area (Å²) in [6.45, 7) is 1.96. The van der Waals surface area contributed by atoms with Crippen molar-refractivity contribution in [2.45, 2.75) is 19.3 Å². The first-order chi connectivity index (χ1) is 9.58. The molecule has 20 heavy (non-hydrogen) atoms. The van der Waals surface area contributed by atoms with E-state index < -0.39 is 0 Å². The normalized spacial score (nSPS) is 14.3. The second-order valence-electron chi connectivity index (χ2n) is 4.76. The van der Waals surface area contributed by atoms with E-state index in [0.29, 0.717) is 23.0 Å². The molecule has 1 saturated heterocycles. The highest BCUT2D eigenvalue weighted by molar-refractivity contribution is 9.10. The van der Waals surface area contributed by atoms with E-state index in [0.717, 1.165) is 25.9 Å². The predicted octanol–water partition coefficient (Wildman–Crippen LogP) is 1.90. The van der Waals surface area contributed by atoms with Gasteiger partial charge in [-0.2, -0.15) is 0 Å². The molecule has 2 N–H and O–H groups in total. The van der Waals surface area contributed by atoms with Gasteiger partial charge in [-0.05, 0) is 47.0 Å². The number of hydrogen-bond acceptors (Lipinski definition) is 3. The van der Waals surface area contributed by atoms with Crippen LogP contribution in [0.5, 0.6) is 5.75 Å². The molecule has 2 amide bonds. The molecule has 2 rings (SSSR count). The quantitative estimate of drug-likeness (QED) is 0.879. The van der Waals surface area contributed by atoms with Crippen molar-refractivity contribution in [2.24, 2.45) is 0 Å². The van der Waals surface area contributed by atoms with Crippen molar-refractivity contribution in [2.75, 3.05) is 19.6 Å². The number of nitrogens with zero attached hydrogens (tertiary/aromatic N) is 1. The van der Waals surface area contributed by atoms with E-state index >= 15 is 0 Å². The smallest absolute Gasteiger partial charge is 0.251 e. The van der Waals surface area contributed by atoms with Crippen molar-refractivity contribution in [1.29, 1.82) is 0 Å². The summed E-state index contributed by atoms with van der Waals surface area (Å²) in [6, 6.07) is 4.61. The lowest BCUT2D eigenvalue weighted by Gasteiger charge is -2.15. The van der Waals surface area contributed by atoms with Crippen LogP contribution in [-0.2, 0) is 4.79 Å². The Balaban J connectivity index is 1.79. The first-order valence-electron chi connectivity index (χ1n) is 6.62. The Kier molecular flexibility index (Phi) is 5.00. The van der Waals surface area contributed by atoms with Crippen molar-refractivity contribution in [3.8, 4) is 5.75 Å². The largest absolute Gasteiger partial charge is 0.507 e. The van der Waals surface area contributed by atoms with Gasteiger partial charge in [0.05, 0.1) is 4.47 Å². The molecule has 1 aliphatic heterocycles. The summed E-state index contributed by atoms with van der Waals surface area (Å²) in [7, 11) is 0. The monoisotopic (exact) mass is 340 g/mol. The third-order valence-electron chi connectivity index (χ3n) is 3.29. The van der Waals surface area contributed by atoms with Gasteiger partial charge in [-0.25, -0.2) is 0 Å². The molecule has 0 spiro atoms. The van der Waals surface area contributed by atoms with Gasteiger partial charge in [-0.15, -0.1) is 0 Å². The molecule has 1 fully saturated rings. The first-order valence-corrected chi connectivity index (χ1v) is 7.42. The molecule has 0 aromatic heterocycles. The molecule has 5 nitrogen and oxygen atoms in total. The Morgan fingerprint density at radius 3 is 2.65 bits per heavy atom. The molecule has 108 valence electrons. The fourth-order valence-corrected chi connectivity index (χ4v) is 2.41. The molecule has 0 unspecified atom stereocenters. The maximum Gasteiger partial charge on any atom is 0.251 e. The summed E-state index contributed by atoms with van der Waals surface area (Å²) in [5, 5.41) is 12.2. The number of benzene rings is 1. The van der Waals surface area contributed by atoms with Crippen LogP contribution >= 0.6 is 15.9 Å². The van der Waals surface area contributed by atoms with Gasteiger partial charge in [0.2, 0.25) is 5.91 Å². The van der Waals surface area contributed by atoms with Crippen molar-refractivity contribution < 1.29 is 14.7 Å². The lowest BCUT2D eigenvalue weighted by Crippen LogP contribution is -2.32. The number of likely N-dealkylation sites (tertiary alicyclic amines) is 1. The standard InChI is InChI=1S/C14H17BrN2O3/c15-11-4-3-10(9-12(11)18)14(20)16-6-5-13(19)17-7-1-2-8-17/h3-4,9,18H,1-2,5-8H2,(H,16,20). The second-order valence-corrected chi connectivity index (χ2v) is 5.61. The van der Waals surface area contributed by atoms with Crippen LogP contribution < -0.4 is 5.32 Å². The van der Waals surface area contributed by atoms with Crippen LogP contribution in [0, 0.1) is 0 Å². The Morgan fingerprint density at radius 1 is 1.30 bits per heavy atom. The molecule has 1 aliphatic rings. The summed E-state index contributed by atoms with van der Waals surface area (Å²) in [4.78, 5) is 25.5. The zero-order valence-corrected chi connectivity index (χ0v) is 12.6. The fourth-order valence-electron chi connectivity index (χ4n) is 2.16. The summed E-state index contributed by atoms with van der Waals surface area (Å²) in [5.74, 6) is -0.186. The van der Waals surface area contributed by atoms with E-state index in [2.05, 4.69) is 21.2 Å². The highest BCUT2D eigenvalue weighted by Gasteiger charge is 2.17. The number of hydrogen-bond donors (Lipinski definition) is 2. The molecule has 1 heterocycles. The van der Waals surface area contributed by atoms with Gasteiger partial charge < -0.3 is 15.3 Å². The minimum atomic E-state index is -0.290. The number of phenols is 1. The number of nitrogens with one attached hydrogen (secondary N) is 1. The lowest BCUT2D eigenvalue weighted by molar-refractivity contribution is -0.129. The number of carbonyl (C=O) groups excluding carboxylic acids is 2. The molecule has 0 aliphatic carbocycles. The van der Waals surface area contributed by atoms with Crippen molar-refractivity contribution in [3.05, 3.63) is 28.2 Å². The van der Waals surface area contributed by atoms with Crippen LogP contribution in [0.15, 0.2) is 22.7 Å². The minimum absolute atomic E-state index is 0.0193. The first kappa shape index (κ1) is 14.8. The van der Waals surface area contributed by atoms with Crippen LogP contribution in [0.4, 0.5) is 0 Å². The summed E-state index contributed by atoms with van der Waals surface area (Å²) in [6.07, 6.45) is 2.45. The van der Waals surface area contributed by atoms with E-state index in [1.54, 1.807) is 12.1 Å². The lowest BCUT2D eigenvalue weighted by atomic mass is 10.2. The third kappa shape index (κ3) is 3.72. The Bertz CT molecular complexity index is 513. The molecule has 0 atom stereocenters. The van der Waals surface area contributed by atoms with Crippen LogP contribution in [0.2, 0.25) is 0 Å².